The van der Waals surface area contributed by atoms with Gasteiger partial charge in [0.05, 0.1) is 11.0 Å². The number of aromatic nitrogens is 4. The predicted molar refractivity (Wildman–Crippen MR) is 94.0 cm³/mol. The van der Waals surface area contributed by atoms with Gasteiger partial charge in [-0.2, -0.15) is 0 Å². The number of imidazole rings is 2. The maximum atomic E-state index is 11.9. The lowest BCUT2D eigenvalue weighted by molar-refractivity contribution is -0.121. The van der Waals surface area contributed by atoms with Crippen molar-refractivity contribution in [3.05, 3.63) is 47.3 Å². The van der Waals surface area contributed by atoms with E-state index in [1.807, 2.05) is 35.9 Å². The summed E-state index contributed by atoms with van der Waals surface area (Å²) in [6, 6.07) is 5.60. The molecule has 0 saturated heterocycles. The van der Waals surface area contributed by atoms with E-state index in [1.54, 1.807) is 6.20 Å². The van der Waals surface area contributed by atoms with Gasteiger partial charge in [-0.05, 0) is 31.5 Å². The molecular formula is C17H20ClN5O. The van der Waals surface area contributed by atoms with Gasteiger partial charge in [0.25, 0.3) is 0 Å². The van der Waals surface area contributed by atoms with Gasteiger partial charge < -0.3 is 14.9 Å². The van der Waals surface area contributed by atoms with Crippen molar-refractivity contribution in [3.63, 3.8) is 0 Å². The van der Waals surface area contributed by atoms with Gasteiger partial charge in [0, 0.05) is 43.3 Å². The third kappa shape index (κ3) is 4.14. The SMILES string of the molecule is Cc1nccn1CCC(=O)NCCCc1nc2ccc(Cl)cc2[nH]1. The second-order valence-corrected chi connectivity index (χ2v) is 6.15. The highest BCUT2D eigenvalue weighted by molar-refractivity contribution is 6.31. The number of fused-ring (bicyclic) bond motifs is 1. The average Bonchev–Trinajstić information content (AvgIpc) is 3.14. The summed E-state index contributed by atoms with van der Waals surface area (Å²) in [6.07, 6.45) is 5.71. The lowest BCUT2D eigenvalue weighted by Gasteiger charge is -2.06. The first kappa shape index (κ1) is 16.5. The van der Waals surface area contributed by atoms with Crippen LogP contribution >= 0.6 is 11.6 Å². The fourth-order valence-electron chi connectivity index (χ4n) is 2.59. The number of hydrogen-bond donors (Lipinski definition) is 2. The molecule has 0 spiro atoms. The van der Waals surface area contributed by atoms with Crippen LogP contribution in [-0.4, -0.2) is 32.0 Å². The van der Waals surface area contributed by atoms with Crippen molar-refractivity contribution in [1.29, 1.82) is 0 Å². The third-order valence-corrected chi connectivity index (χ3v) is 4.14. The van der Waals surface area contributed by atoms with E-state index in [0.29, 0.717) is 24.5 Å². The number of halogens is 1. The van der Waals surface area contributed by atoms with E-state index in [1.165, 1.54) is 0 Å². The van der Waals surface area contributed by atoms with Crippen LogP contribution in [0.3, 0.4) is 0 Å². The first-order chi connectivity index (χ1) is 11.6. The van der Waals surface area contributed by atoms with Crippen molar-refractivity contribution in [2.45, 2.75) is 32.7 Å². The van der Waals surface area contributed by atoms with E-state index < -0.39 is 0 Å². The minimum Gasteiger partial charge on any atom is -0.356 e. The number of nitrogens with one attached hydrogen (secondary N) is 2. The molecule has 2 heterocycles. The van der Waals surface area contributed by atoms with Crippen LogP contribution in [0.2, 0.25) is 5.02 Å². The molecule has 6 nitrogen and oxygen atoms in total. The van der Waals surface area contributed by atoms with Gasteiger partial charge in [0.1, 0.15) is 11.6 Å². The van der Waals surface area contributed by atoms with E-state index in [0.717, 1.165) is 35.5 Å². The van der Waals surface area contributed by atoms with Crippen LogP contribution in [0.25, 0.3) is 11.0 Å². The molecule has 3 rings (SSSR count). The number of nitrogens with zero attached hydrogens (tertiary/aromatic N) is 3. The molecule has 0 radical (unpaired) electrons. The van der Waals surface area contributed by atoms with E-state index >= 15 is 0 Å². The van der Waals surface area contributed by atoms with Crippen LogP contribution in [0, 0.1) is 6.92 Å². The summed E-state index contributed by atoms with van der Waals surface area (Å²) in [6.45, 7) is 3.22. The first-order valence-corrected chi connectivity index (χ1v) is 8.38. The zero-order valence-electron chi connectivity index (χ0n) is 13.6. The number of rotatable bonds is 7. The number of benzene rings is 1. The molecule has 0 aliphatic rings. The Labute approximate surface area is 145 Å². The summed E-state index contributed by atoms with van der Waals surface area (Å²) in [7, 11) is 0. The molecule has 24 heavy (non-hydrogen) atoms. The Bertz CT molecular complexity index is 838. The summed E-state index contributed by atoms with van der Waals surface area (Å²) in [5.74, 6) is 1.89. The molecule has 1 amide bonds. The molecular weight excluding hydrogens is 326 g/mol. The Morgan fingerprint density at radius 3 is 3.08 bits per heavy atom. The second kappa shape index (κ2) is 7.49. The van der Waals surface area contributed by atoms with E-state index in [-0.39, 0.29) is 5.91 Å². The average molecular weight is 346 g/mol. The number of hydrogen-bond acceptors (Lipinski definition) is 3. The molecule has 0 aliphatic heterocycles. The molecule has 7 heteroatoms. The number of H-pyrrole nitrogens is 1. The highest BCUT2D eigenvalue weighted by Crippen LogP contribution is 2.17. The molecule has 0 aliphatic carbocycles. The molecule has 2 aromatic heterocycles. The molecule has 3 aromatic rings. The van der Waals surface area contributed by atoms with E-state index in [4.69, 9.17) is 11.6 Å². The first-order valence-electron chi connectivity index (χ1n) is 8.00. The summed E-state index contributed by atoms with van der Waals surface area (Å²) in [4.78, 5) is 23.8. The Balaban J connectivity index is 1.39. The monoisotopic (exact) mass is 345 g/mol. The van der Waals surface area contributed by atoms with Gasteiger partial charge in [-0.15, -0.1) is 0 Å². The molecule has 1 aromatic carbocycles. The maximum Gasteiger partial charge on any atom is 0.221 e. The largest absolute Gasteiger partial charge is 0.356 e. The Morgan fingerprint density at radius 2 is 2.29 bits per heavy atom. The topological polar surface area (TPSA) is 75.6 Å². The summed E-state index contributed by atoms with van der Waals surface area (Å²) in [5, 5.41) is 3.63. The van der Waals surface area contributed by atoms with Gasteiger partial charge >= 0.3 is 0 Å². The predicted octanol–water partition coefficient (Wildman–Crippen LogP) is 2.86. The van der Waals surface area contributed by atoms with Crippen molar-refractivity contribution in [2.24, 2.45) is 0 Å². The van der Waals surface area contributed by atoms with Crippen molar-refractivity contribution in [3.8, 4) is 0 Å². The molecule has 0 atom stereocenters. The van der Waals surface area contributed by atoms with Crippen molar-refractivity contribution < 1.29 is 4.79 Å². The van der Waals surface area contributed by atoms with E-state index in [9.17, 15) is 4.79 Å². The molecule has 126 valence electrons. The van der Waals surface area contributed by atoms with Gasteiger partial charge in [0.2, 0.25) is 5.91 Å². The molecule has 2 N–H and O–H groups in total. The van der Waals surface area contributed by atoms with Gasteiger partial charge in [0.15, 0.2) is 0 Å². The highest BCUT2D eigenvalue weighted by Gasteiger charge is 2.05. The Hall–Kier alpha value is -2.34. The molecule has 0 unspecified atom stereocenters. The third-order valence-electron chi connectivity index (χ3n) is 3.91. The number of carbonyl (C=O) groups is 1. The van der Waals surface area contributed by atoms with Crippen molar-refractivity contribution in [2.75, 3.05) is 6.54 Å². The van der Waals surface area contributed by atoms with Crippen molar-refractivity contribution in [1.82, 2.24) is 24.8 Å². The van der Waals surface area contributed by atoms with Crippen LogP contribution in [0.1, 0.15) is 24.5 Å². The zero-order chi connectivity index (χ0) is 16.9. The second-order valence-electron chi connectivity index (χ2n) is 5.72. The number of amides is 1. The Kier molecular flexibility index (Phi) is 5.15. The van der Waals surface area contributed by atoms with Crippen LogP contribution in [0.15, 0.2) is 30.6 Å². The minimum atomic E-state index is 0.0551. The van der Waals surface area contributed by atoms with Crippen LogP contribution < -0.4 is 5.32 Å². The van der Waals surface area contributed by atoms with Gasteiger partial charge in [-0.1, -0.05) is 11.6 Å². The number of carbonyl (C=O) groups excluding carboxylic acids is 1. The smallest absolute Gasteiger partial charge is 0.221 e. The zero-order valence-corrected chi connectivity index (χ0v) is 14.3. The van der Waals surface area contributed by atoms with Crippen LogP contribution in [0.4, 0.5) is 0 Å². The normalized spacial score (nSPS) is 11.1. The van der Waals surface area contributed by atoms with Crippen LogP contribution in [-0.2, 0) is 17.8 Å². The summed E-state index contributed by atoms with van der Waals surface area (Å²) in [5.41, 5.74) is 1.85. The lowest BCUT2D eigenvalue weighted by atomic mass is 10.3. The van der Waals surface area contributed by atoms with Gasteiger partial charge in [-0.3, -0.25) is 4.79 Å². The Morgan fingerprint density at radius 1 is 1.42 bits per heavy atom. The summed E-state index contributed by atoms with van der Waals surface area (Å²) < 4.78 is 1.97. The summed E-state index contributed by atoms with van der Waals surface area (Å²) >= 11 is 5.97. The lowest BCUT2D eigenvalue weighted by Crippen LogP contribution is -2.25. The molecule has 0 bridgehead atoms. The van der Waals surface area contributed by atoms with Crippen molar-refractivity contribution >= 4 is 28.5 Å². The number of aryl methyl sites for hydroxylation is 3. The van der Waals surface area contributed by atoms with E-state index in [2.05, 4.69) is 20.3 Å². The highest BCUT2D eigenvalue weighted by atomic mass is 35.5. The fraction of sp³-hybridized carbons (Fsp3) is 0.353. The van der Waals surface area contributed by atoms with Crippen LogP contribution in [0.5, 0.6) is 0 Å². The standard InChI is InChI=1S/C17H20ClN5O/c1-12-19-8-10-23(12)9-6-17(24)20-7-2-3-16-21-14-5-4-13(18)11-15(14)22-16/h4-5,8,10-11H,2-3,6-7,9H2,1H3,(H,20,24)(H,21,22). The van der Waals surface area contributed by atoms with Gasteiger partial charge in [-0.25, -0.2) is 9.97 Å². The minimum absolute atomic E-state index is 0.0551. The molecule has 0 fully saturated rings. The quantitative estimate of drug-likeness (QED) is 0.646. The molecule has 0 saturated carbocycles. The maximum absolute atomic E-state index is 11.9. The number of aromatic amines is 1. The fourth-order valence-corrected chi connectivity index (χ4v) is 2.76.